The van der Waals surface area contributed by atoms with Crippen LogP contribution in [0.4, 0.5) is 0 Å². The topological polar surface area (TPSA) is 38.3 Å². The van der Waals surface area contributed by atoms with Gasteiger partial charge in [-0.3, -0.25) is 4.79 Å². The fraction of sp³-hybridized carbons (Fsp3) is 0.857. The van der Waals surface area contributed by atoms with Crippen LogP contribution < -0.4 is 5.32 Å². The zero-order chi connectivity index (χ0) is 6.97. The fourth-order valence-electron chi connectivity index (χ4n) is 1.65. The lowest BCUT2D eigenvalue weighted by molar-refractivity contribution is -0.125. The molecule has 3 heteroatoms. The molecule has 0 spiro atoms. The van der Waals surface area contributed by atoms with Gasteiger partial charge in [-0.25, -0.2) is 0 Å². The second-order valence-electron chi connectivity index (χ2n) is 3.04. The molecule has 2 aliphatic heterocycles. The highest BCUT2D eigenvalue weighted by Gasteiger charge is 2.29. The van der Waals surface area contributed by atoms with E-state index in [0.29, 0.717) is 43.9 Å². The molecule has 0 aromatic carbocycles. The molecule has 2 bridgehead atoms. The molecule has 2 heterocycles. The first-order chi connectivity index (χ1) is 4.84. The smallest absolute Gasteiger partial charge is 0.136 e. The van der Waals surface area contributed by atoms with E-state index in [4.69, 9.17) is 4.74 Å². The largest absolute Gasteiger partial charge is 0.378 e. The highest BCUT2D eigenvalue weighted by atomic mass is 16.5. The molecule has 0 aromatic rings. The van der Waals surface area contributed by atoms with Crippen molar-refractivity contribution in [2.75, 3.05) is 13.2 Å². The normalized spacial score (nSPS) is 39.8. The van der Waals surface area contributed by atoms with Gasteiger partial charge in [-0.2, -0.15) is 0 Å². The van der Waals surface area contributed by atoms with Crippen LogP contribution in [0.15, 0.2) is 0 Å². The maximum absolute atomic E-state index is 11.0. The number of nitrogens with one attached hydrogen (secondary N) is 1. The first kappa shape index (κ1) is 6.31. The van der Waals surface area contributed by atoms with Gasteiger partial charge in [0.25, 0.3) is 0 Å². The molecule has 10 heavy (non-hydrogen) atoms. The number of rotatable bonds is 0. The monoisotopic (exact) mass is 141 g/mol. The summed E-state index contributed by atoms with van der Waals surface area (Å²) in [5, 5.41) is 3.34. The number of ether oxygens (including phenoxy) is 1. The fourth-order valence-corrected chi connectivity index (χ4v) is 1.65. The lowest BCUT2D eigenvalue weighted by atomic mass is 9.96. The lowest BCUT2D eigenvalue weighted by Crippen LogP contribution is -2.54. The van der Waals surface area contributed by atoms with Crippen LogP contribution in [0.2, 0.25) is 0 Å². The summed E-state index contributed by atoms with van der Waals surface area (Å²) in [6.45, 7) is 1.42. The van der Waals surface area contributed by atoms with Crippen molar-refractivity contribution in [2.24, 2.45) is 0 Å². The third kappa shape index (κ3) is 1.07. The summed E-state index contributed by atoms with van der Waals surface area (Å²) < 4.78 is 5.27. The summed E-state index contributed by atoms with van der Waals surface area (Å²) in [4.78, 5) is 11.0. The Hall–Kier alpha value is -0.410. The van der Waals surface area contributed by atoms with Crippen LogP contribution in [-0.4, -0.2) is 31.1 Å². The van der Waals surface area contributed by atoms with E-state index in [-0.39, 0.29) is 0 Å². The Kier molecular flexibility index (Phi) is 1.47. The number of hydrogen-bond acceptors (Lipinski definition) is 3. The molecule has 0 amide bonds. The highest BCUT2D eigenvalue weighted by Crippen LogP contribution is 2.14. The Morgan fingerprint density at radius 3 is 2.50 bits per heavy atom. The SMILES string of the molecule is O=C1CC2COC[C@H](C1)N2. The maximum atomic E-state index is 11.0. The number of piperidine rings is 1. The van der Waals surface area contributed by atoms with Gasteiger partial charge in [-0.05, 0) is 0 Å². The van der Waals surface area contributed by atoms with Crippen LogP contribution in [0, 0.1) is 0 Å². The van der Waals surface area contributed by atoms with Crippen molar-refractivity contribution in [3.05, 3.63) is 0 Å². The number of hydrogen-bond donors (Lipinski definition) is 1. The van der Waals surface area contributed by atoms with Crippen LogP contribution >= 0.6 is 0 Å². The molecule has 2 rings (SSSR count). The predicted molar refractivity (Wildman–Crippen MR) is 35.8 cm³/mol. The molecule has 1 unspecified atom stereocenters. The third-order valence-electron chi connectivity index (χ3n) is 2.06. The van der Waals surface area contributed by atoms with Crippen LogP contribution in [0.1, 0.15) is 12.8 Å². The van der Waals surface area contributed by atoms with Crippen molar-refractivity contribution in [2.45, 2.75) is 24.9 Å². The summed E-state index contributed by atoms with van der Waals surface area (Å²) in [6.07, 6.45) is 1.33. The molecule has 0 aliphatic carbocycles. The van der Waals surface area contributed by atoms with E-state index in [1.54, 1.807) is 0 Å². The van der Waals surface area contributed by atoms with Crippen molar-refractivity contribution < 1.29 is 9.53 Å². The van der Waals surface area contributed by atoms with E-state index in [0.717, 1.165) is 0 Å². The van der Waals surface area contributed by atoms with Crippen LogP contribution in [0.25, 0.3) is 0 Å². The summed E-state index contributed by atoms with van der Waals surface area (Å²) in [7, 11) is 0. The molecular weight excluding hydrogens is 130 g/mol. The van der Waals surface area contributed by atoms with E-state index in [1.807, 2.05) is 0 Å². The minimum absolute atomic E-state index is 0.306. The van der Waals surface area contributed by atoms with Crippen molar-refractivity contribution in [3.8, 4) is 0 Å². The summed E-state index contributed by atoms with van der Waals surface area (Å²) in [6, 6.07) is 0.611. The van der Waals surface area contributed by atoms with E-state index < -0.39 is 0 Å². The second kappa shape index (κ2) is 2.32. The van der Waals surface area contributed by atoms with Gasteiger partial charge in [0.2, 0.25) is 0 Å². The quantitative estimate of drug-likeness (QED) is 0.503. The number of carbonyl (C=O) groups excluding carboxylic acids is 1. The minimum Gasteiger partial charge on any atom is -0.378 e. The lowest BCUT2D eigenvalue weighted by Gasteiger charge is -2.34. The van der Waals surface area contributed by atoms with Crippen molar-refractivity contribution in [1.29, 1.82) is 0 Å². The molecule has 56 valence electrons. The molecule has 2 saturated heterocycles. The molecular formula is C7H11NO2. The van der Waals surface area contributed by atoms with Gasteiger partial charge in [0, 0.05) is 24.9 Å². The molecule has 2 fully saturated rings. The van der Waals surface area contributed by atoms with Gasteiger partial charge >= 0.3 is 0 Å². The Labute approximate surface area is 59.7 Å². The Morgan fingerprint density at radius 2 is 1.90 bits per heavy atom. The van der Waals surface area contributed by atoms with E-state index in [2.05, 4.69) is 5.32 Å². The minimum atomic E-state index is 0.306. The van der Waals surface area contributed by atoms with Gasteiger partial charge in [0.1, 0.15) is 5.78 Å². The highest BCUT2D eigenvalue weighted by molar-refractivity contribution is 5.80. The maximum Gasteiger partial charge on any atom is 0.136 e. The average Bonchev–Trinajstić information content (AvgIpc) is 1.85. The zero-order valence-corrected chi connectivity index (χ0v) is 5.80. The molecule has 0 aromatic heterocycles. The van der Waals surface area contributed by atoms with Crippen molar-refractivity contribution in [3.63, 3.8) is 0 Å². The molecule has 1 N–H and O–H groups in total. The first-order valence-corrected chi connectivity index (χ1v) is 3.70. The van der Waals surface area contributed by atoms with Crippen LogP contribution in [0.3, 0.4) is 0 Å². The van der Waals surface area contributed by atoms with Gasteiger partial charge in [0.05, 0.1) is 13.2 Å². The second-order valence-corrected chi connectivity index (χ2v) is 3.04. The first-order valence-electron chi connectivity index (χ1n) is 3.70. The molecule has 2 atom stereocenters. The Bertz CT molecular complexity index is 144. The van der Waals surface area contributed by atoms with Crippen molar-refractivity contribution in [1.82, 2.24) is 5.32 Å². The Morgan fingerprint density at radius 1 is 1.30 bits per heavy atom. The van der Waals surface area contributed by atoms with E-state index >= 15 is 0 Å². The Balaban J connectivity index is 2.05. The van der Waals surface area contributed by atoms with Gasteiger partial charge in [-0.15, -0.1) is 0 Å². The zero-order valence-electron chi connectivity index (χ0n) is 5.80. The van der Waals surface area contributed by atoms with Crippen molar-refractivity contribution >= 4 is 5.78 Å². The molecule has 0 radical (unpaired) electrons. The standard InChI is InChI=1S/C7H11NO2/c9-7-1-5-3-10-4-6(2-7)8-5/h5-6,8H,1-4H2/t5-,6?/m0/s1. The number of morpholine rings is 1. The van der Waals surface area contributed by atoms with E-state index in [9.17, 15) is 4.79 Å². The molecule has 3 nitrogen and oxygen atoms in total. The van der Waals surface area contributed by atoms with Gasteiger partial charge < -0.3 is 10.1 Å². The summed E-state index contributed by atoms with van der Waals surface area (Å²) in [5.41, 5.74) is 0. The summed E-state index contributed by atoms with van der Waals surface area (Å²) in [5.74, 6) is 0.386. The van der Waals surface area contributed by atoms with Gasteiger partial charge in [-0.1, -0.05) is 0 Å². The van der Waals surface area contributed by atoms with Crippen LogP contribution in [-0.2, 0) is 9.53 Å². The van der Waals surface area contributed by atoms with Crippen LogP contribution in [0.5, 0.6) is 0 Å². The average molecular weight is 141 g/mol. The number of Topliss-reactive ketones (excluding diaryl/α,β-unsaturated/α-hetero) is 1. The number of carbonyl (C=O) groups is 1. The number of fused-ring (bicyclic) bond motifs is 2. The number of ketones is 1. The van der Waals surface area contributed by atoms with E-state index in [1.165, 1.54) is 0 Å². The molecule has 2 aliphatic rings. The predicted octanol–water partition coefficient (Wildman–Crippen LogP) is -0.294. The summed E-state index contributed by atoms with van der Waals surface area (Å²) >= 11 is 0. The third-order valence-corrected chi connectivity index (χ3v) is 2.06. The molecule has 0 saturated carbocycles. The van der Waals surface area contributed by atoms with Gasteiger partial charge in [0.15, 0.2) is 0 Å².